The molecule has 0 spiro atoms. The number of pyridine rings is 1. The molecule has 1 aromatic carbocycles. The number of ether oxygens (including phenoxy) is 1. The molecule has 6 heteroatoms. The van der Waals surface area contributed by atoms with Crippen molar-refractivity contribution in [2.45, 2.75) is 13.5 Å². The van der Waals surface area contributed by atoms with Crippen LogP contribution in [0.5, 0.6) is 0 Å². The van der Waals surface area contributed by atoms with Crippen LogP contribution in [0.2, 0.25) is 0 Å². The third-order valence-electron chi connectivity index (χ3n) is 3.85. The highest BCUT2D eigenvalue weighted by Gasteiger charge is 2.13. The number of benzene rings is 1. The van der Waals surface area contributed by atoms with Crippen molar-refractivity contribution in [3.05, 3.63) is 65.6 Å². The van der Waals surface area contributed by atoms with Crippen molar-refractivity contribution in [3.63, 3.8) is 0 Å². The Kier molecular flexibility index (Phi) is 4.86. The molecule has 24 heavy (non-hydrogen) atoms. The zero-order valence-electron chi connectivity index (χ0n) is 13.8. The van der Waals surface area contributed by atoms with Crippen molar-refractivity contribution in [2.75, 3.05) is 20.2 Å². The minimum Gasteiger partial charge on any atom is -0.375 e. The van der Waals surface area contributed by atoms with Crippen LogP contribution in [-0.4, -0.2) is 45.6 Å². The Morgan fingerprint density at radius 2 is 1.96 bits per heavy atom. The quantitative estimate of drug-likeness (QED) is 0.653. The van der Waals surface area contributed by atoms with E-state index in [4.69, 9.17) is 4.74 Å². The molecule has 0 bridgehead atoms. The molecule has 0 aliphatic carbocycles. The molecule has 0 saturated heterocycles. The van der Waals surface area contributed by atoms with Crippen molar-refractivity contribution in [1.29, 1.82) is 0 Å². The van der Waals surface area contributed by atoms with Crippen LogP contribution < -0.4 is 0 Å². The third kappa shape index (κ3) is 3.60. The fraction of sp³-hybridized carbons (Fsp3) is 0.278. The van der Waals surface area contributed by atoms with Crippen LogP contribution in [0.1, 0.15) is 21.7 Å². The number of rotatable bonds is 6. The van der Waals surface area contributed by atoms with Crippen LogP contribution in [0.15, 0.2) is 48.7 Å². The molecule has 0 unspecified atom stereocenters. The predicted octanol–water partition coefficient (Wildman–Crippen LogP) is 2.33. The Balaban J connectivity index is 1.54. The van der Waals surface area contributed by atoms with E-state index in [2.05, 4.69) is 10.2 Å². The van der Waals surface area contributed by atoms with Crippen molar-refractivity contribution in [1.82, 2.24) is 19.5 Å². The number of carbonyl (C=O) groups is 1. The Bertz CT molecular complexity index is 829. The van der Waals surface area contributed by atoms with Gasteiger partial charge < -0.3 is 9.64 Å². The number of hydrogen-bond donors (Lipinski definition) is 0. The fourth-order valence-electron chi connectivity index (χ4n) is 2.42. The van der Waals surface area contributed by atoms with Gasteiger partial charge in [-0.2, -0.15) is 0 Å². The summed E-state index contributed by atoms with van der Waals surface area (Å²) in [6, 6.07) is 13.6. The molecular weight excluding hydrogens is 304 g/mol. The molecule has 6 nitrogen and oxygen atoms in total. The molecule has 0 saturated carbocycles. The van der Waals surface area contributed by atoms with E-state index >= 15 is 0 Å². The minimum atomic E-state index is -0.0479. The smallest absolute Gasteiger partial charge is 0.255 e. The molecule has 0 fully saturated rings. The van der Waals surface area contributed by atoms with Gasteiger partial charge in [0.2, 0.25) is 0 Å². The summed E-state index contributed by atoms with van der Waals surface area (Å²) in [7, 11) is 1.78. The Morgan fingerprint density at radius 1 is 1.17 bits per heavy atom. The molecule has 2 aromatic heterocycles. The number of amides is 1. The second kappa shape index (κ2) is 7.23. The zero-order valence-corrected chi connectivity index (χ0v) is 13.8. The molecule has 2 heterocycles. The number of fused-ring (bicyclic) bond motifs is 1. The van der Waals surface area contributed by atoms with Gasteiger partial charge in [0.15, 0.2) is 5.65 Å². The maximum absolute atomic E-state index is 12.5. The summed E-state index contributed by atoms with van der Waals surface area (Å²) in [5.74, 6) is 0.710. The topological polar surface area (TPSA) is 59.7 Å². The summed E-state index contributed by atoms with van der Waals surface area (Å²) >= 11 is 0. The SMILES string of the molecule is Cc1nnc2ccc(C(=O)N(C)CCOCc3ccccc3)cn12. The number of aryl methyl sites for hydroxylation is 1. The number of aromatic nitrogens is 3. The first-order chi connectivity index (χ1) is 11.6. The van der Waals surface area contributed by atoms with E-state index in [1.165, 1.54) is 0 Å². The Hall–Kier alpha value is -2.73. The van der Waals surface area contributed by atoms with Gasteiger partial charge in [0.25, 0.3) is 5.91 Å². The lowest BCUT2D eigenvalue weighted by Gasteiger charge is -2.17. The van der Waals surface area contributed by atoms with E-state index < -0.39 is 0 Å². The number of nitrogens with zero attached hydrogens (tertiary/aromatic N) is 4. The summed E-state index contributed by atoms with van der Waals surface area (Å²) in [4.78, 5) is 14.2. The highest BCUT2D eigenvalue weighted by molar-refractivity contribution is 5.94. The number of likely N-dealkylation sites (N-methyl/N-ethyl adjacent to an activating group) is 1. The molecule has 0 radical (unpaired) electrons. The highest BCUT2D eigenvalue weighted by atomic mass is 16.5. The largest absolute Gasteiger partial charge is 0.375 e. The average Bonchev–Trinajstić information content (AvgIpc) is 2.99. The zero-order chi connectivity index (χ0) is 16.9. The summed E-state index contributed by atoms with van der Waals surface area (Å²) in [5, 5.41) is 8.02. The van der Waals surface area contributed by atoms with Crippen molar-refractivity contribution < 1.29 is 9.53 Å². The first-order valence-electron chi connectivity index (χ1n) is 7.83. The first kappa shape index (κ1) is 16.1. The minimum absolute atomic E-state index is 0.0479. The molecule has 124 valence electrons. The van der Waals surface area contributed by atoms with Gasteiger partial charge in [-0.25, -0.2) is 0 Å². The molecule has 3 rings (SSSR count). The second-order valence-electron chi connectivity index (χ2n) is 5.66. The maximum atomic E-state index is 12.5. The van der Waals surface area contributed by atoms with Gasteiger partial charge >= 0.3 is 0 Å². The maximum Gasteiger partial charge on any atom is 0.255 e. The van der Waals surface area contributed by atoms with Crippen molar-refractivity contribution >= 4 is 11.6 Å². The fourth-order valence-corrected chi connectivity index (χ4v) is 2.42. The predicted molar refractivity (Wildman–Crippen MR) is 90.8 cm³/mol. The Labute approximate surface area is 140 Å². The first-order valence-corrected chi connectivity index (χ1v) is 7.83. The standard InChI is InChI=1S/C18H20N4O2/c1-14-19-20-17-9-8-16(12-22(14)17)18(23)21(2)10-11-24-13-15-6-4-3-5-7-15/h3-9,12H,10-11,13H2,1-2H3. The summed E-state index contributed by atoms with van der Waals surface area (Å²) in [5.41, 5.74) is 2.47. The second-order valence-corrected chi connectivity index (χ2v) is 5.66. The monoisotopic (exact) mass is 324 g/mol. The molecule has 0 atom stereocenters. The van der Waals surface area contributed by atoms with Crippen LogP contribution in [0.3, 0.4) is 0 Å². The third-order valence-corrected chi connectivity index (χ3v) is 3.85. The van der Waals surface area contributed by atoms with Gasteiger partial charge in [-0.1, -0.05) is 30.3 Å². The van der Waals surface area contributed by atoms with E-state index in [9.17, 15) is 4.79 Å². The van der Waals surface area contributed by atoms with E-state index in [0.29, 0.717) is 25.3 Å². The normalized spacial score (nSPS) is 10.9. The molecule has 0 N–H and O–H groups in total. The lowest BCUT2D eigenvalue weighted by Crippen LogP contribution is -2.30. The van der Waals surface area contributed by atoms with Gasteiger partial charge in [-0.15, -0.1) is 10.2 Å². The average molecular weight is 324 g/mol. The molecule has 3 aromatic rings. The highest BCUT2D eigenvalue weighted by Crippen LogP contribution is 2.09. The van der Waals surface area contributed by atoms with Crippen molar-refractivity contribution in [2.24, 2.45) is 0 Å². The molecule has 0 aliphatic heterocycles. The van der Waals surface area contributed by atoms with E-state index in [1.54, 1.807) is 30.3 Å². The van der Waals surface area contributed by atoms with Gasteiger partial charge in [0.1, 0.15) is 5.82 Å². The van der Waals surface area contributed by atoms with Crippen LogP contribution in [-0.2, 0) is 11.3 Å². The molecule has 0 aliphatic rings. The number of hydrogen-bond acceptors (Lipinski definition) is 4. The van der Waals surface area contributed by atoms with E-state index in [0.717, 1.165) is 17.0 Å². The molecular formula is C18H20N4O2. The summed E-state index contributed by atoms with van der Waals surface area (Å²) < 4.78 is 7.45. The van der Waals surface area contributed by atoms with Crippen LogP contribution in [0, 0.1) is 6.92 Å². The Morgan fingerprint density at radius 3 is 2.75 bits per heavy atom. The summed E-state index contributed by atoms with van der Waals surface area (Å²) in [6.45, 7) is 3.43. The van der Waals surface area contributed by atoms with E-state index in [-0.39, 0.29) is 5.91 Å². The van der Waals surface area contributed by atoms with Crippen LogP contribution in [0.4, 0.5) is 0 Å². The lowest BCUT2D eigenvalue weighted by atomic mass is 10.2. The van der Waals surface area contributed by atoms with Crippen LogP contribution in [0.25, 0.3) is 5.65 Å². The van der Waals surface area contributed by atoms with Gasteiger partial charge in [0.05, 0.1) is 18.8 Å². The van der Waals surface area contributed by atoms with Crippen molar-refractivity contribution in [3.8, 4) is 0 Å². The van der Waals surface area contributed by atoms with E-state index in [1.807, 2.05) is 41.7 Å². The lowest BCUT2D eigenvalue weighted by molar-refractivity contribution is 0.0670. The van der Waals surface area contributed by atoms with Gasteiger partial charge in [-0.3, -0.25) is 9.20 Å². The van der Waals surface area contributed by atoms with Gasteiger partial charge in [0, 0.05) is 19.8 Å². The van der Waals surface area contributed by atoms with Gasteiger partial charge in [-0.05, 0) is 24.6 Å². The summed E-state index contributed by atoms with van der Waals surface area (Å²) in [6.07, 6.45) is 1.77. The molecule has 1 amide bonds. The number of carbonyl (C=O) groups excluding carboxylic acids is 1. The van der Waals surface area contributed by atoms with Crippen LogP contribution >= 0.6 is 0 Å².